The average molecular weight is 248 g/mol. The highest BCUT2D eigenvalue weighted by Gasteiger charge is 2.37. The SMILES string of the molecule is CCC1=CCCC(C(C)(C)C2CCCCC2)CC1. The lowest BCUT2D eigenvalue weighted by atomic mass is 9.62. The van der Waals surface area contributed by atoms with Gasteiger partial charge in [-0.05, 0) is 62.2 Å². The van der Waals surface area contributed by atoms with Crippen molar-refractivity contribution in [2.24, 2.45) is 17.3 Å². The van der Waals surface area contributed by atoms with Crippen LogP contribution in [0.25, 0.3) is 0 Å². The molecule has 0 N–H and O–H groups in total. The Kier molecular flexibility index (Phi) is 4.92. The largest absolute Gasteiger partial charge is 0.0853 e. The van der Waals surface area contributed by atoms with E-state index in [1.807, 2.05) is 0 Å². The summed E-state index contributed by atoms with van der Waals surface area (Å²) >= 11 is 0. The molecule has 0 aromatic carbocycles. The molecule has 1 saturated carbocycles. The van der Waals surface area contributed by atoms with Crippen LogP contribution < -0.4 is 0 Å². The van der Waals surface area contributed by atoms with Crippen molar-refractivity contribution < 1.29 is 0 Å². The number of hydrogen-bond acceptors (Lipinski definition) is 0. The molecule has 0 radical (unpaired) electrons. The monoisotopic (exact) mass is 248 g/mol. The predicted molar refractivity (Wildman–Crippen MR) is 80.7 cm³/mol. The number of rotatable bonds is 3. The quantitative estimate of drug-likeness (QED) is 0.528. The normalized spacial score (nSPS) is 27.7. The van der Waals surface area contributed by atoms with Crippen molar-refractivity contribution in [2.45, 2.75) is 85.0 Å². The van der Waals surface area contributed by atoms with Gasteiger partial charge in [0, 0.05) is 0 Å². The van der Waals surface area contributed by atoms with Crippen LogP contribution in [0.5, 0.6) is 0 Å². The molecule has 1 fully saturated rings. The van der Waals surface area contributed by atoms with E-state index in [2.05, 4.69) is 26.8 Å². The minimum absolute atomic E-state index is 0.581. The van der Waals surface area contributed by atoms with Gasteiger partial charge in [-0.15, -0.1) is 0 Å². The summed E-state index contributed by atoms with van der Waals surface area (Å²) in [6.07, 6.45) is 16.9. The average Bonchev–Trinajstić information content (AvgIpc) is 2.65. The molecule has 0 bridgehead atoms. The maximum absolute atomic E-state index is 2.57. The Morgan fingerprint density at radius 1 is 1.00 bits per heavy atom. The first-order chi connectivity index (χ1) is 8.64. The molecule has 104 valence electrons. The molecule has 0 saturated heterocycles. The summed E-state index contributed by atoms with van der Waals surface area (Å²) in [4.78, 5) is 0. The zero-order chi connectivity index (χ0) is 13.0. The molecular formula is C18H32. The lowest BCUT2D eigenvalue weighted by Gasteiger charge is -2.43. The molecule has 0 aliphatic heterocycles. The van der Waals surface area contributed by atoms with E-state index in [-0.39, 0.29) is 0 Å². The van der Waals surface area contributed by atoms with E-state index in [0.717, 1.165) is 11.8 Å². The zero-order valence-corrected chi connectivity index (χ0v) is 12.8. The van der Waals surface area contributed by atoms with Crippen LogP contribution >= 0.6 is 0 Å². The summed E-state index contributed by atoms with van der Waals surface area (Å²) in [5.41, 5.74) is 2.30. The summed E-state index contributed by atoms with van der Waals surface area (Å²) < 4.78 is 0. The van der Waals surface area contributed by atoms with Crippen molar-refractivity contribution in [3.05, 3.63) is 11.6 Å². The van der Waals surface area contributed by atoms with E-state index >= 15 is 0 Å². The molecule has 0 amide bonds. The minimum Gasteiger partial charge on any atom is -0.0853 e. The Bertz CT molecular complexity index is 278. The first kappa shape index (κ1) is 14.2. The van der Waals surface area contributed by atoms with Crippen LogP contribution in [-0.4, -0.2) is 0 Å². The highest BCUT2D eigenvalue weighted by molar-refractivity contribution is 5.05. The molecule has 2 rings (SSSR count). The van der Waals surface area contributed by atoms with Crippen molar-refractivity contribution in [3.63, 3.8) is 0 Å². The Labute approximate surface area is 114 Å². The van der Waals surface area contributed by atoms with Crippen molar-refractivity contribution in [3.8, 4) is 0 Å². The summed E-state index contributed by atoms with van der Waals surface area (Å²) in [5, 5.41) is 0. The predicted octanol–water partition coefficient (Wildman–Crippen LogP) is 6.12. The molecule has 0 spiro atoms. The summed E-state index contributed by atoms with van der Waals surface area (Å²) in [5.74, 6) is 1.96. The van der Waals surface area contributed by atoms with Gasteiger partial charge in [-0.3, -0.25) is 0 Å². The summed E-state index contributed by atoms with van der Waals surface area (Å²) in [7, 11) is 0. The van der Waals surface area contributed by atoms with Crippen molar-refractivity contribution in [1.29, 1.82) is 0 Å². The third-order valence-corrected chi connectivity index (χ3v) is 5.93. The van der Waals surface area contributed by atoms with Crippen molar-refractivity contribution >= 4 is 0 Å². The van der Waals surface area contributed by atoms with Gasteiger partial charge in [0.2, 0.25) is 0 Å². The van der Waals surface area contributed by atoms with E-state index in [1.54, 1.807) is 5.57 Å². The summed E-state index contributed by atoms with van der Waals surface area (Å²) in [6.45, 7) is 7.47. The maximum Gasteiger partial charge on any atom is -0.0297 e. The molecule has 0 aromatic heterocycles. The second-order valence-electron chi connectivity index (χ2n) is 7.19. The van der Waals surface area contributed by atoms with Gasteiger partial charge in [0.15, 0.2) is 0 Å². The molecular weight excluding hydrogens is 216 g/mol. The van der Waals surface area contributed by atoms with Crippen LogP contribution in [0.2, 0.25) is 0 Å². The molecule has 1 unspecified atom stereocenters. The van der Waals surface area contributed by atoms with Gasteiger partial charge in [-0.25, -0.2) is 0 Å². The fraction of sp³-hybridized carbons (Fsp3) is 0.889. The van der Waals surface area contributed by atoms with E-state index < -0.39 is 0 Å². The fourth-order valence-corrected chi connectivity index (χ4v) is 4.34. The van der Waals surface area contributed by atoms with Crippen molar-refractivity contribution in [1.82, 2.24) is 0 Å². The van der Waals surface area contributed by atoms with E-state index in [0.29, 0.717) is 5.41 Å². The second kappa shape index (κ2) is 6.26. The van der Waals surface area contributed by atoms with Gasteiger partial charge in [-0.2, -0.15) is 0 Å². The van der Waals surface area contributed by atoms with Crippen LogP contribution in [0.15, 0.2) is 11.6 Å². The highest BCUT2D eigenvalue weighted by Crippen LogP contribution is 2.47. The first-order valence-electron chi connectivity index (χ1n) is 8.32. The summed E-state index contributed by atoms with van der Waals surface area (Å²) in [6, 6.07) is 0. The van der Waals surface area contributed by atoms with E-state index in [1.165, 1.54) is 64.2 Å². The van der Waals surface area contributed by atoms with Crippen LogP contribution in [0.3, 0.4) is 0 Å². The molecule has 0 heteroatoms. The van der Waals surface area contributed by atoms with Crippen LogP contribution in [0.4, 0.5) is 0 Å². The lowest BCUT2D eigenvalue weighted by molar-refractivity contribution is 0.0731. The van der Waals surface area contributed by atoms with Crippen LogP contribution in [0.1, 0.15) is 85.0 Å². The zero-order valence-electron chi connectivity index (χ0n) is 12.8. The third kappa shape index (κ3) is 3.19. The van der Waals surface area contributed by atoms with Crippen LogP contribution in [0, 0.1) is 17.3 Å². The highest BCUT2D eigenvalue weighted by atomic mass is 14.4. The fourth-order valence-electron chi connectivity index (χ4n) is 4.34. The standard InChI is InChI=1S/C18H32/c1-4-15-9-8-12-17(14-13-15)18(2,3)16-10-6-5-7-11-16/h9,16-17H,4-8,10-14H2,1-3H3. The Hall–Kier alpha value is -0.260. The molecule has 2 aliphatic rings. The molecule has 1 atom stereocenters. The maximum atomic E-state index is 2.57. The molecule has 0 aromatic rings. The lowest BCUT2D eigenvalue weighted by Crippen LogP contribution is -2.33. The smallest absolute Gasteiger partial charge is 0.0297 e. The van der Waals surface area contributed by atoms with Gasteiger partial charge >= 0.3 is 0 Å². The Morgan fingerprint density at radius 2 is 1.67 bits per heavy atom. The second-order valence-corrected chi connectivity index (χ2v) is 7.19. The molecule has 0 nitrogen and oxygen atoms in total. The van der Waals surface area contributed by atoms with Gasteiger partial charge in [0.1, 0.15) is 0 Å². The molecule has 2 aliphatic carbocycles. The van der Waals surface area contributed by atoms with Gasteiger partial charge in [0.05, 0.1) is 0 Å². The Morgan fingerprint density at radius 3 is 2.33 bits per heavy atom. The minimum atomic E-state index is 0.581. The van der Waals surface area contributed by atoms with Crippen LogP contribution in [-0.2, 0) is 0 Å². The van der Waals surface area contributed by atoms with Gasteiger partial charge < -0.3 is 0 Å². The topological polar surface area (TPSA) is 0 Å². The van der Waals surface area contributed by atoms with E-state index in [4.69, 9.17) is 0 Å². The first-order valence-corrected chi connectivity index (χ1v) is 8.32. The molecule has 18 heavy (non-hydrogen) atoms. The van der Waals surface area contributed by atoms with E-state index in [9.17, 15) is 0 Å². The number of allylic oxidation sites excluding steroid dienone is 2. The van der Waals surface area contributed by atoms with Gasteiger partial charge in [-0.1, -0.05) is 51.7 Å². The number of hydrogen-bond donors (Lipinski definition) is 0. The third-order valence-electron chi connectivity index (χ3n) is 5.93. The molecule has 0 heterocycles. The van der Waals surface area contributed by atoms with Crippen molar-refractivity contribution in [2.75, 3.05) is 0 Å². The van der Waals surface area contributed by atoms with Gasteiger partial charge in [0.25, 0.3) is 0 Å². The Balaban J connectivity index is 1.97.